The standard InChI is InChI=1S/C13H13F3N4/c1-9(12-17-6-3-7-18-12)19-8-10-4-2-5-11(20-10)13(14,15)16/h2-7,9,19H,8H2,1H3. The van der Waals surface area contributed by atoms with Gasteiger partial charge in [0.15, 0.2) is 0 Å². The summed E-state index contributed by atoms with van der Waals surface area (Å²) in [6.07, 6.45) is -1.20. The lowest BCUT2D eigenvalue weighted by Crippen LogP contribution is -2.21. The summed E-state index contributed by atoms with van der Waals surface area (Å²) < 4.78 is 37.6. The van der Waals surface area contributed by atoms with Crippen molar-refractivity contribution in [2.24, 2.45) is 0 Å². The van der Waals surface area contributed by atoms with Crippen LogP contribution in [0.3, 0.4) is 0 Å². The predicted molar refractivity (Wildman–Crippen MR) is 66.5 cm³/mol. The molecule has 1 unspecified atom stereocenters. The molecule has 0 aromatic carbocycles. The lowest BCUT2D eigenvalue weighted by Gasteiger charge is -2.12. The molecule has 4 nitrogen and oxygen atoms in total. The van der Waals surface area contributed by atoms with Crippen molar-refractivity contribution in [3.05, 3.63) is 53.9 Å². The summed E-state index contributed by atoms with van der Waals surface area (Å²) in [6, 6.07) is 5.36. The van der Waals surface area contributed by atoms with E-state index in [2.05, 4.69) is 20.3 Å². The van der Waals surface area contributed by atoms with E-state index in [0.717, 1.165) is 6.07 Å². The van der Waals surface area contributed by atoms with Crippen LogP contribution in [0.4, 0.5) is 13.2 Å². The van der Waals surface area contributed by atoms with Crippen LogP contribution in [-0.2, 0) is 12.7 Å². The van der Waals surface area contributed by atoms with E-state index < -0.39 is 11.9 Å². The van der Waals surface area contributed by atoms with E-state index in [0.29, 0.717) is 11.5 Å². The summed E-state index contributed by atoms with van der Waals surface area (Å²) in [6.45, 7) is 2.05. The molecule has 0 radical (unpaired) electrons. The minimum Gasteiger partial charge on any atom is -0.302 e. The summed E-state index contributed by atoms with van der Waals surface area (Å²) in [5, 5.41) is 3.04. The zero-order valence-electron chi connectivity index (χ0n) is 10.7. The molecule has 0 aliphatic heterocycles. The fraction of sp³-hybridized carbons (Fsp3) is 0.308. The Morgan fingerprint density at radius 3 is 2.50 bits per heavy atom. The zero-order valence-corrected chi connectivity index (χ0v) is 10.7. The Labute approximate surface area is 114 Å². The van der Waals surface area contributed by atoms with E-state index in [1.807, 2.05) is 6.92 Å². The predicted octanol–water partition coefficient (Wildman–Crippen LogP) is 2.74. The first kappa shape index (κ1) is 14.4. The second kappa shape index (κ2) is 5.96. The van der Waals surface area contributed by atoms with Crippen LogP contribution in [0, 0.1) is 0 Å². The Bertz CT molecular complexity index is 557. The van der Waals surface area contributed by atoms with E-state index >= 15 is 0 Å². The number of halogens is 3. The number of rotatable bonds is 4. The molecule has 0 saturated carbocycles. The summed E-state index contributed by atoms with van der Waals surface area (Å²) in [7, 11) is 0. The van der Waals surface area contributed by atoms with E-state index in [4.69, 9.17) is 0 Å². The van der Waals surface area contributed by atoms with E-state index in [1.165, 1.54) is 6.07 Å². The quantitative estimate of drug-likeness (QED) is 0.936. The van der Waals surface area contributed by atoms with Crippen molar-refractivity contribution in [3.8, 4) is 0 Å². The fourth-order valence-corrected chi connectivity index (χ4v) is 1.62. The van der Waals surface area contributed by atoms with Crippen LogP contribution in [0.5, 0.6) is 0 Å². The van der Waals surface area contributed by atoms with Gasteiger partial charge in [0.05, 0.1) is 11.7 Å². The third-order valence-electron chi connectivity index (χ3n) is 2.66. The molecule has 0 fully saturated rings. The first-order valence-electron chi connectivity index (χ1n) is 6.00. The van der Waals surface area contributed by atoms with E-state index in [-0.39, 0.29) is 12.6 Å². The molecular formula is C13H13F3N4. The number of hydrogen-bond acceptors (Lipinski definition) is 4. The molecule has 1 atom stereocenters. The fourth-order valence-electron chi connectivity index (χ4n) is 1.62. The number of nitrogens with zero attached hydrogens (tertiary/aromatic N) is 3. The second-order valence-electron chi connectivity index (χ2n) is 4.22. The Balaban J connectivity index is 2.01. The van der Waals surface area contributed by atoms with Gasteiger partial charge in [-0.05, 0) is 25.1 Å². The molecule has 2 aromatic rings. The van der Waals surface area contributed by atoms with E-state index in [9.17, 15) is 13.2 Å². The van der Waals surface area contributed by atoms with Crippen molar-refractivity contribution in [1.29, 1.82) is 0 Å². The largest absolute Gasteiger partial charge is 0.433 e. The lowest BCUT2D eigenvalue weighted by molar-refractivity contribution is -0.141. The second-order valence-corrected chi connectivity index (χ2v) is 4.22. The molecule has 0 aliphatic rings. The highest BCUT2D eigenvalue weighted by Crippen LogP contribution is 2.27. The monoisotopic (exact) mass is 282 g/mol. The van der Waals surface area contributed by atoms with Gasteiger partial charge in [0.25, 0.3) is 0 Å². The number of hydrogen-bond donors (Lipinski definition) is 1. The van der Waals surface area contributed by atoms with Crippen LogP contribution in [0.15, 0.2) is 36.7 Å². The maximum Gasteiger partial charge on any atom is 0.433 e. The summed E-state index contributed by atoms with van der Waals surface area (Å²) in [5.41, 5.74) is -0.567. The summed E-state index contributed by atoms with van der Waals surface area (Å²) in [4.78, 5) is 11.7. The third kappa shape index (κ3) is 3.74. The molecule has 0 amide bonds. The van der Waals surface area contributed by atoms with Gasteiger partial charge in [-0.25, -0.2) is 15.0 Å². The highest BCUT2D eigenvalue weighted by Gasteiger charge is 2.32. The highest BCUT2D eigenvalue weighted by atomic mass is 19.4. The molecule has 2 aromatic heterocycles. The molecular weight excluding hydrogens is 269 g/mol. The summed E-state index contributed by atoms with van der Waals surface area (Å²) in [5.74, 6) is 0.583. The number of nitrogens with one attached hydrogen (secondary N) is 1. The van der Waals surface area contributed by atoms with Gasteiger partial charge in [-0.3, -0.25) is 0 Å². The van der Waals surface area contributed by atoms with Crippen molar-refractivity contribution in [2.75, 3.05) is 0 Å². The van der Waals surface area contributed by atoms with Gasteiger partial charge in [0.2, 0.25) is 0 Å². The first-order valence-corrected chi connectivity index (χ1v) is 6.00. The Hall–Kier alpha value is -2.02. The Morgan fingerprint density at radius 1 is 1.15 bits per heavy atom. The van der Waals surface area contributed by atoms with Crippen molar-refractivity contribution in [2.45, 2.75) is 25.7 Å². The molecule has 1 N–H and O–H groups in total. The molecule has 106 valence electrons. The molecule has 20 heavy (non-hydrogen) atoms. The van der Waals surface area contributed by atoms with Crippen LogP contribution in [0.25, 0.3) is 0 Å². The van der Waals surface area contributed by atoms with Crippen LogP contribution in [0.2, 0.25) is 0 Å². The van der Waals surface area contributed by atoms with Gasteiger partial charge in [-0.15, -0.1) is 0 Å². The topological polar surface area (TPSA) is 50.7 Å². The van der Waals surface area contributed by atoms with Gasteiger partial charge < -0.3 is 5.32 Å². The normalized spacial score (nSPS) is 13.2. The van der Waals surface area contributed by atoms with Crippen molar-refractivity contribution < 1.29 is 13.2 Å². The highest BCUT2D eigenvalue weighted by molar-refractivity contribution is 5.13. The van der Waals surface area contributed by atoms with Gasteiger partial charge in [0, 0.05) is 18.9 Å². The molecule has 0 aliphatic carbocycles. The van der Waals surface area contributed by atoms with Crippen LogP contribution >= 0.6 is 0 Å². The summed E-state index contributed by atoms with van der Waals surface area (Å²) >= 11 is 0. The number of pyridine rings is 1. The van der Waals surface area contributed by atoms with Gasteiger partial charge in [0.1, 0.15) is 11.5 Å². The smallest absolute Gasteiger partial charge is 0.302 e. The molecule has 0 bridgehead atoms. The molecule has 7 heteroatoms. The first-order chi connectivity index (χ1) is 9.47. The number of aromatic nitrogens is 3. The molecule has 0 saturated heterocycles. The van der Waals surface area contributed by atoms with Gasteiger partial charge >= 0.3 is 6.18 Å². The van der Waals surface area contributed by atoms with Gasteiger partial charge in [-0.1, -0.05) is 6.07 Å². The third-order valence-corrected chi connectivity index (χ3v) is 2.66. The van der Waals surface area contributed by atoms with Crippen LogP contribution in [0.1, 0.15) is 30.2 Å². The van der Waals surface area contributed by atoms with Crippen LogP contribution < -0.4 is 5.32 Å². The minimum absolute atomic E-state index is 0.174. The minimum atomic E-state index is -4.43. The Kier molecular flexibility index (Phi) is 4.29. The molecule has 2 rings (SSSR count). The van der Waals surface area contributed by atoms with Crippen LogP contribution in [-0.4, -0.2) is 15.0 Å². The van der Waals surface area contributed by atoms with Crippen molar-refractivity contribution >= 4 is 0 Å². The average molecular weight is 282 g/mol. The number of alkyl halides is 3. The van der Waals surface area contributed by atoms with Crippen molar-refractivity contribution in [3.63, 3.8) is 0 Å². The Morgan fingerprint density at radius 2 is 1.85 bits per heavy atom. The van der Waals surface area contributed by atoms with Gasteiger partial charge in [-0.2, -0.15) is 13.2 Å². The molecule has 0 spiro atoms. The molecule has 2 heterocycles. The zero-order chi connectivity index (χ0) is 14.6. The SMILES string of the molecule is CC(NCc1cccc(C(F)(F)F)n1)c1ncccn1. The van der Waals surface area contributed by atoms with Crippen molar-refractivity contribution in [1.82, 2.24) is 20.3 Å². The maximum atomic E-state index is 12.5. The maximum absolute atomic E-state index is 12.5. The van der Waals surface area contributed by atoms with E-state index in [1.54, 1.807) is 24.5 Å². The lowest BCUT2D eigenvalue weighted by atomic mass is 10.2. The average Bonchev–Trinajstić information content (AvgIpc) is 2.45.